The summed E-state index contributed by atoms with van der Waals surface area (Å²) in [6, 6.07) is 13.7. The number of carbonyl (C=O) groups excluding carboxylic acids is 3. The van der Waals surface area contributed by atoms with Gasteiger partial charge in [-0.2, -0.15) is 0 Å². The lowest BCUT2D eigenvalue weighted by Crippen LogP contribution is -2.48. The molecule has 0 aliphatic carbocycles. The minimum atomic E-state index is -0.532. The van der Waals surface area contributed by atoms with Crippen LogP contribution in [0.15, 0.2) is 53.1 Å². The number of aromatic nitrogens is 1. The molecule has 1 aromatic heterocycles. The number of nitrogens with one attached hydrogen (secondary N) is 2. The summed E-state index contributed by atoms with van der Waals surface area (Å²) in [6.07, 6.45) is 1.97. The van der Waals surface area contributed by atoms with E-state index in [-0.39, 0.29) is 61.5 Å². The van der Waals surface area contributed by atoms with E-state index in [9.17, 15) is 19.5 Å². The second kappa shape index (κ2) is 17.1. The van der Waals surface area contributed by atoms with Crippen LogP contribution >= 0.6 is 0 Å². The third-order valence-corrected chi connectivity index (χ3v) is 8.61. The Bertz CT molecular complexity index is 1510. The Hall–Kier alpha value is -4.42. The van der Waals surface area contributed by atoms with Crippen LogP contribution < -0.4 is 15.4 Å². The van der Waals surface area contributed by atoms with Gasteiger partial charge >= 0.3 is 6.03 Å². The number of benzene rings is 2. The van der Waals surface area contributed by atoms with Crippen LogP contribution in [0, 0.1) is 19.8 Å². The first-order valence-electron chi connectivity index (χ1n) is 16.6. The molecule has 4 rings (SSSR count). The Morgan fingerprint density at radius 1 is 1.10 bits per heavy atom. The summed E-state index contributed by atoms with van der Waals surface area (Å²) in [5.41, 5.74) is 2.75. The van der Waals surface area contributed by atoms with Crippen LogP contribution in [-0.4, -0.2) is 89.5 Å². The first-order valence-corrected chi connectivity index (χ1v) is 16.6. The number of anilines is 2. The molecule has 0 saturated carbocycles. The number of carbonyl (C=O) groups is 3. The molecule has 0 fully saturated rings. The predicted molar refractivity (Wildman–Crippen MR) is 183 cm³/mol. The van der Waals surface area contributed by atoms with E-state index in [1.54, 1.807) is 55.8 Å². The van der Waals surface area contributed by atoms with Gasteiger partial charge in [-0.15, -0.1) is 0 Å². The molecule has 0 spiro atoms. The fraction of sp³-hybridized carbons (Fsp3) is 0.500. The second-order valence-corrected chi connectivity index (χ2v) is 12.7. The van der Waals surface area contributed by atoms with Gasteiger partial charge in [0.25, 0.3) is 5.91 Å². The van der Waals surface area contributed by atoms with Crippen molar-refractivity contribution < 1.29 is 33.5 Å². The van der Waals surface area contributed by atoms with Crippen molar-refractivity contribution in [3.05, 3.63) is 71.1 Å². The molecule has 12 nitrogen and oxygen atoms in total. The number of ether oxygens (including phenoxy) is 2. The molecule has 48 heavy (non-hydrogen) atoms. The van der Waals surface area contributed by atoms with Crippen molar-refractivity contribution in [3.8, 4) is 5.75 Å². The van der Waals surface area contributed by atoms with E-state index >= 15 is 0 Å². The van der Waals surface area contributed by atoms with Crippen LogP contribution in [0.1, 0.15) is 67.4 Å². The van der Waals surface area contributed by atoms with E-state index in [0.717, 1.165) is 24.8 Å². The van der Waals surface area contributed by atoms with Crippen LogP contribution in [0.2, 0.25) is 0 Å². The second-order valence-electron chi connectivity index (χ2n) is 12.7. The number of urea groups is 1. The molecule has 2 aromatic carbocycles. The summed E-state index contributed by atoms with van der Waals surface area (Å²) < 4.78 is 17.8. The minimum Gasteiger partial charge on any atom is -0.490 e. The Morgan fingerprint density at radius 3 is 2.54 bits per heavy atom. The highest BCUT2D eigenvalue weighted by atomic mass is 16.5. The number of aliphatic hydroxyl groups excluding tert-OH is 1. The van der Waals surface area contributed by atoms with Gasteiger partial charge in [-0.3, -0.25) is 9.59 Å². The maximum atomic E-state index is 14.4. The highest BCUT2D eigenvalue weighted by Gasteiger charge is 2.31. The molecule has 0 saturated heterocycles. The number of aliphatic hydroxyl groups is 1. The topological polar surface area (TPSA) is 146 Å². The summed E-state index contributed by atoms with van der Waals surface area (Å²) in [5, 5.41) is 19.9. The van der Waals surface area contributed by atoms with Gasteiger partial charge in [0.05, 0.1) is 36.8 Å². The average Bonchev–Trinajstić information content (AvgIpc) is 3.38. The van der Waals surface area contributed by atoms with Gasteiger partial charge in [-0.25, -0.2) is 4.79 Å². The van der Waals surface area contributed by atoms with Crippen molar-refractivity contribution in [2.45, 2.75) is 78.6 Å². The molecule has 1 aliphatic heterocycles. The third kappa shape index (κ3) is 9.80. The largest absolute Gasteiger partial charge is 0.490 e. The maximum Gasteiger partial charge on any atom is 0.321 e. The first-order chi connectivity index (χ1) is 23.0. The van der Waals surface area contributed by atoms with Gasteiger partial charge in [-0.05, 0) is 70.7 Å². The van der Waals surface area contributed by atoms with Crippen molar-refractivity contribution in [1.82, 2.24) is 15.0 Å². The van der Waals surface area contributed by atoms with Crippen molar-refractivity contribution in [2.75, 3.05) is 44.0 Å². The van der Waals surface area contributed by atoms with E-state index in [0.29, 0.717) is 35.2 Å². The number of fused-ring (bicyclic) bond motifs is 1. The van der Waals surface area contributed by atoms with Gasteiger partial charge in [0.1, 0.15) is 17.1 Å². The zero-order chi connectivity index (χ0) is 34.8. The van der Waals surface area contributed by atoms with E-state index in [4.69, 9.17) is 14.0 Å². The Labute approximate surface area is 282 Å². The minimum absolute atomic E-state index is 0.185. The third-order valence-electron chi connectivity index (χ3n) is 8.61. The lowest BCUT2D eigenvalue weighted by molar-refractivity contribution is -0.115. The lowest BCUT2D eigenvalue weighted by Gasteiger charge is -2.35. The van der Waals surface area contributed by atoms with E-state index in [2.05, 4.69) is 15.8 Å². The number of hydrogen-bond acceptors (Lipinski definition) is 8. The van der Waals surface area contributed by atoms with Crippen molar-refractivity contribution in [3.63, 3.8) is 0 Å². The fourth-order valence-electron chi connectivity index (χ4n) is 5.67. The Kier molecular flexibility index (Phi) is 13.0. The summed E-state index contributed by atoms with van der Waals surface area (Å²) in [5.74, 6) is 0.154. The molecule has 0 bridgehead atoms. The Balaban J connectivity index is 1.58. The van der Waals surface area contributed by atoms with Crippen molar-refractivity contribution in [2.24, 2.45) is 5.92 Å². The number of hydrogen-bond donors (Lipinski definition) is 3. The quantitative estimate of drug-likeness (QED) is 0.289. The molecular formula is C36H49N5O7. The number of nitrogens with zero attached hydrogens (tertiary/aromatic N) is 3. The standard InChI is InChI=1S/C36H49N5O7/c1-23-20-41(24(2)22-42)35(44)30-19-29(37-33(43)18-28-13-8-7-9-14-28)15-16-31(30)47-25(3)12-10-11-17-46-32(23)21-40(6)36(45)38-34-26(4)39-48-27(34)5/h7-9,13-16,19,23-25,32,42H,10-12,17-18,20-22H2,1-6H3,(H,37,43)(H,38,45)/t23-,24+,25-,32+/m1/s1. The normalized spacial score (nSPS) is 19.8. The van der Waals surface area contributed by atoms with Gasteiger partial charge in [0.15, 0.2) is 5.76 Å². The molecule has 3 aromatic rings. The number of amides is 4. The summed E-state index contributed by atoms with van der Waals surface area (Å²) >= 11 is 0. The fourth-order valence-corrected chi connectivity index (χ4v) is 5.67. The first kappa shape index (κ1) is 36.4. The lowest BCUT2D eigenvalue weighted by atomic mass is 10.0. The molecule has 0 radical (unpaired) electrons. The van der Waals surface area contributed by atoms with Crippen LogP contribution in [0.3, 0.4) is 0 Å². The molecule has 12 heteroatoms. The monoisotopic (exact) mass is 663 g/mol. The molecular weight excluding hydrogens is 614 g/mol. The van der Waals surface area contributed by atoms with Gasteiger partial charge in [0, 0.05) is 38.3 Å². The van der Waals surface area contributed by atoms with Crippen molar-refractivity contribution >= 4 is 29.2 Å². The summed E-state index contributed by atoms with van der Waals surface area (Å²) in [4.78, 5) is 43.6. The van der Waals surface area contributed by atoms with Gasteiger partial charge in [-0.1, -0.05) is 42.4 Å². The van der Waals surface area contributed by atoms with Crippen LogP contribution in [-0.2, 0) is 16.0 Å². The number of rotatable bonds is 8. The summed E-state index contributed by atoms with van der Waals surface area (Å²) in [7, 11) is 1.69. The molecule has 3 N–H and O–H groups in total. The number of likely N-dealkylation sites (N-methyl/N-ethyl adjacent to an activating group) is 1. The molecule has 4 atom stereocenters. The van der Waals surface area contributed by atoms with Crippen LogP contribution in [0.4, 0.5) is 16.2 Å². The van der Waals surface area contributed by atoms with Crippen LogP contribution in [0.25, 0.3) is 0 Å². The van der Waals surface area contributed by atoms with Crippen LogP contribution in [0.5, 0.6) is 5.75 Å². The van der Waals surface area contributed by atoms with E-state index < -0.39 is 12.1 Å². The van der Waals surface area contributed by atoms with Gasteiger partial charge < -0.3 is 39.5 Å². The highest BCUT2D eigenvalue weighted by Crippen LogP contribution is 2.29. The predicted octanol–water partition coefficient (Wildman–Crippen LogP) is 5.43. The summed E-state index contributed by atoms with van der Waals surface area (Å²) in [6.45, 7) is 9.93. The Morgan fingerprint density at radius 2 is 1.85 bits per heavy atom. The molecule has 2 heterocycles. The zero-order valence-electron chi connectivity index (χ0n) is 28.8. The SMILES string of the molecule is Cc1noc(C)c1NC(=O)N(C)C[C@@H]1OCCCC[C@@H](C)Oc2ccc(NC(=O)Cc3ccccc3)cc2C(=O)N([C@@H](C)CO)C[C@H]1C. The molecule has 0 unspecified atom stereocenters. The molecule has 1 aliphatic rings. The van der Waals surface area contributed by atoms with Crippen molar-refractivity contribution in [1.29, 1.82) is 0 Å². The van der Waals surface area contributed by atoms with Gasteiger partial charge in [0.2, 0.25) is 5.91 Å². The maximum absolute atomic E-state index is 14.4. The highest BCUT2D eigenvalue weighted by molar-refractivity contribution is 6.00. The average molecular weight is 664 g/mol. The zero-order valence-corrected chi connectivity index (χ0v) is 28.8. The molecule has 260 valence electrons. The smallest absolute Gasteiger partial charge is 0.321 e. The molecule has 4 amide bonds. The van der Waals surface area contributed by atoms with E-state index in [1.165, 1.54) is 0 Å². The van der Waals surface area contributed by atoms with E-state index in [1.807, 2.05) is 44.2 Å². The number of aryl methyl sites for hydroxylation is 2.